The number of carbonyl (C=O) groups is 2. The molecule has 1 aromatic carbocycles. The Morgan fingerprint density at radius 2 is 2.00 bits per heavy atom. The molecule has 1 unspecified atom stereocenters. The van der Waals surface area contributed by atoms with E-state index in [0.29, 0.717) is 18.2 Å². The van der Waals surface area contributed by atoms with Crippen molar-refractivity contribution in [1.82, 2.24) is 20.6 Å². The minimum Gasteiger partial charge on any atom is -0.398 e. The average molecular weight is 470 g/mol. The second-order valence-corrected chi connectivity index (χ2v) is 9.15. The summed E-state index contributed by atoms with van der Waals surface area (Å²) in [6.07, 6.45) is 11.3. The Morgan fingerprint density at radius 1 is 1.17 bits per heavy atom. The van der Waals surface area contributed by atoms with Gasteiger partial charge in [0.25, 0.3) is 0 Å². The van der Waals surface area contributed by atoms with Crippen LogP contribution in [0, 0.1) is 18.3 Å². The van der Waals surface area contributed by atoms with Crippen LogP contribution in [-0.4, -0.2) is 40.1 Å². The number of anilines is 2. The minimum atomic E-state index is -0.786. The van der Waals surface area contributed by atoms with Gasteiger partial charge in [0.2, 0.25) is 0 Å². The lowest BCUT2D eigenvalue weighted by Gasteiger charge is -2.11. The van der Waals surface area contributed by atoms with Crippen molar-refractivity contribution in [3.63, 3.8) is 0 Å². The van der Waals surface area contributed by atoms with Gasteiger partial charge in [0.15, 0.2) is 0 Å². The summed E-state index contributed by atoms with van der Waals surface area (Å²) in [6, 6.07) is 7.81. The van der Waals surface area contributed by atoms with Gasteiger partial charge in [-0.3, -0.25) is 14.6 Å². The van der Waals surface area contributed by atoms with Crippen molar-refractivity contribution in [2.75, 3.05) is 11.1 Å². The van der Waals surface area contributed by atoms with Crippen molar-refractivity contribution in [2.24, 2.45) is 5.92 Å². The van der Waals surface area contributed by atoms with E-state index in [2.05, 4.69) is 25.9 Å². The Kier molecular flexibility index (Phi) is 5.90. The minimum absolute atomic E-state index is 0.0478. The summed E-state index contributed by atoms with van der Waals surface area (Å²) in [5.41, 5.74) is 10.6. The maximum absolute atomic E-state index is 12.5. The third-order valence-electron chi connectivity index (χ3n) is 6.43. The first-order valence-corrected chi connectivity index (χ1v) is 11.6. The fourth-order valence-corrected chi connectivity index (χ4v) is 4.13. The molecule has 9 nitrogen and oxygen atoms in total. The van der Waals surface area contributed by atoms with Crippen LogP contribution in [0.5, 0.6) is 0 Å². The Morgan fingerprint density at radius 3 is 2.74 bits per heavy atom. The van der Waals surface area contributed by atoms with Crippen molar-refractivity contribution in [3.8, 4) is 11.1 Å². The van der Waals surface area contributed by atoms with Crippen LogP contribution >= 0.6 is 0 Å². The number of amides is 2. The number of benzene rings is 1. The number of nitrogen functional groups attached to an aromatic ring is 1. The number of hydrogen-bond acceptors (Lipinski definition) is 7. The first-order chi connectivity index (χ1) is 16.9. The molecule has 0 aliphatic heterocycles. The molecular formula is C26H27N7O2. The molecule has 0 saturated heterocycles. The molecule has 0 radical (unpaired) electrons. The second kappa shape index (κ2) is 9.17. The fourth-order valence-electron chi connectivity index (χ4n) is 4.13. The fraction of sp³-hybridized carbons (Fsp3) is 0.269. The predicted octanol–water partition coefficient (Wildman–Crippen LogP) is 2.92. The third-order valence-corrected chi connectivity index (χ3v) is 6.43. The summed E-state index contributed by atoms with van der Waals surface area (Å²) >= 11 is 0. The number of hydrogen-bond donors (Lipinski definition) is 5. The van der Waals surface area contributed by atoms with Crippen molar-refractivity contribution in [3.05, 3.63) is 60.2 Å². The molecule has 2 aliphatic rings. The lowest BCUT2D eigenvalue weighted by atomic mass is 9.99. The van der Waals surface area contributed by atoms with E-state index in [0.717, 1.165) is 45.9 Å². The molecule has 5 rings (SSSR count). The van der Waals surface area contributed by atoms with E-state index in [4.69, 9.17) is 11.1 Å². The van der Waals surface area contributed by atoms with Gasteiger partial charge in [-0.05, 0) is 72.5 Å². The number of carbonyl (C=O) groups excluding carboxylic acids is 2. The maximum Gasteiger partial charge on any atom is 0.314 e. The number of pyridine rings is 2. The van der Waals surface area contributed by atoms with E-state index >= 15 is 0 Å². The van der Waals surface area contributed by atoms with E-state index in [1.54, 1.807) is 24.7 Å². The quantitative estimate of drug-likeness (QED) is 0.204. The SMILES string of the molecule is Cc1ccncc1-c1cc(N)c2cnc(NC(=O)C(=O)NC3C[C@@H]3/C(C=N)=C/NC3CC3)cc2c1. The van der Waals surface area contributed by atoms with Crippen LogP contribution in [-0.2, 0) is 9.59 Å². The van der Waals surface area contributed by atoms with Gasteiger partial charge in [-0.15, -0.1) is 0 Å². The smallest absolute Gasteiger partial charge is 0.314 e. The number of fused-ring (bicyclic) bond motifs is 1. The summed E-state index contributed by atoms with van der Waals surface area (Å²) < 4.78 is 0. The molecule has 0 spiro atoms. The summed E-state index contributed by atoms with van der Waals surface area (Å²) in [6.45, 7) is 2.00. The van der Waals surface area contributed by atoms with E-state index in [1.807, 2.05) is 31.3 Å². The van der Waals surface area contributed by atoms with Gasteiger partial charge in [-0.2, -0.15) is 0 Å². The Labute approximate surface area is 202 Å². The van der Waals surface area contributed by atoms with Gasteiger partial charge in [0.1, 0.15) is 5.82 Å². The Balaban J connectivity index is 1.26. The highest BCUT2D eigenvalue weighted by Crippen LogP contribution is 2.36. The Bertz CT molecular complexity index is 1360. The molecule has 2 aromatic heterocycles. The molecular weight excluding hydrogens is 442 g/mol. The van der Waals surface area contributed by atoms with Crippen molar-refractivity contribution >= 4 is 40.3 Å². The molecule has 2 aliphatic carbocycles. The van der Waals surface area contributed by atoms with Crippen LogP contribution in [0.3, 0.4) is 0 Å². The highest BCUT2D eigenvalue weighted by atomic mass is 16.2. The summed E-state index contributed by atoms with van der Waals surface area (Å²) in [5.74, 6) is -1.20. The zero-order valence-electron chi connectivity index (χ0n) is 19.3. The standard InChI is InChI=1S/C26H27N7O2/c1-14-4-5-29-12-20(14)15-6-16-8-24(31-13-21(16)22(28)7-15)33-26(35)25(34)32-23-9-19(23)17(10-27)11-30-18-2-3-18/h4-8,10-13,18-19,23,27,30H,2-3,9,28H2,1H3,(H,32,34)(H,31,33,35)/b17-11+,27-10?/t19-,23?/m1/s1. The number of aromatic nitrogens is 2. The van der Waals surface area contributed by atoms with E-state index in [1.165, 1.54) is 6.21 Å². The van der Waals surface area contributed by atoms with Gasteiger partial charge in [-0.1, -0.05) is 0 Å². The first kappa shape index (κ1) is 22.5. The molecule has 2 amide bonds. The van der Waals surface area contributed by atoms with Crippen LogP contribution in [0.15, 0.2) is 54.6 Å². The molecule has 9 heteroatoms. The van der Waals surface area contributed by atoms with Crippen LogP contribution in [0.4, 0.5) is 11.5 Å². The lowest BCUT2D eigenvalue weighted by molar-refractivity contribution is -0.136. The molecule has 35 heavy (non-hydrogen) atoms. The van der Waals surface area contributed by atoms with Gasteiger partial charge < -0.3 is 27.1 Å². The van der Waals surface area contributed by atoms with Crippen LogP contribution in [0.2, 0.25) is 0 Å². The summed E-state index contributed by atoms with van der Waals surface area (Å²) in [5, 5.41) is 17.8. The van der Waals surface area contributed by atoms with E-state index < -0.39 is 11.8 Å². The number of nitrogens with zero attached hydrogens (tertiary/aromatic N) is 2. The zero-order valence-corrected chi connectivity index (χ0v) is 19.3. The van der Waals surface area contributed by atoms with Crippen molar-refractivity contribution in [2.45, 2.75) is 38.3 Å². The number of nitrogens with one attached hydrogen (secondary N) is 4. The number of nitrogens with two attached hydrogens (primary N) is 1. The second-order valence-electron chi connectivity index (χ2n) is 9.15. The van der Waals surface area contributed by atoms with E-state index in [9.17, 15) is 9.59 Å². The van der Waals surface area contributed by atoms with E-state index in [-0.39, 0.29) is 17.8 Å². The third kappa shape index (κ3) is 4.98. The normalized spacial score (nSPS) is 19.2. The average Bonchev–Trinajstić information content (AvgIpc) is 3.77. The molecule has 6 N–H and O–H groups in total. The molecule has 2 fully saturated rings. The predicted molar refractivity (Wildman–Crippen MR) is 136 cm³/mol. The largest absolute Gasteiger partial charge is 0.398 e. The molecule has 2 heterocycles. The summed E-state index contributed by atoms with van der Waals surface area (Å²) in [4.78, 5) is 33.4. The highest BCUT2D eigenvalue weighted by Gasteiger charge is 2.41. The van der Waals surface area contributed by atoms with Gasteiger partial charge in [-0.25, -0.2) is 4.98 Å². The molecule has 2 saturated carbocycles. The van der Waals surface area contributed by atoms with Gasteiger partial charge in [0, 0.05) is 65.6 Å². The monoisotopic (exact) mass is 469 g/mol. The van der Waals surface area contributed by atoms with Crippen LogP contribution in [0.1, 0.15) is 24.8 Å². The van der Waals surface area contributed by atoms with Gasteiger partial charge in [0.05, 0.1) is 0 Å². The summed E-state index contributed by atoms with van der Waals surface area (Å²) in [7, 11) is 0. The molecule has 0 bridgehead atoms. The highest BCUT2D eigenvalue weighted by molar-refractivity contribution is 6.39. The lowest BCUT2D eigenvalue weighted by Crippen LogP contribution is -2.37. The molecule has 2 atom stereocenters. The van der Waals surface area contributed by atoms with Crippen LogP contribution < -0.4 is 21.7 Å². The van der Waals surface area contributed by atoms with Crippen molar-refractivity contribution < 1.29 is 9.59 Å². The Hall–Kier alpha value is -4.27. The van der Waals surface area contributed by atoms with Crippen molar-refractivity contribution in [1.29, 1.82) is 5.41 Å². The van der Waals surface area contributed by atoms with Gasteiger partial charge >= 0.3 is 11.8 Å². The number of rotatable bonds is 7. The van der Waals surface area contributed by atoms with Crippen LogP contribution in [0.25, 0.3) is 21.9 Å². The number of aryl methyl sites for hydroxylation is 1. The first-order valence-electron chi connectivity index (χ1n) is 11.6. The molecule has 3 aromatic rings. The zero-order chi connectivity index (χ0) is 24.5. The molecule has 178 valence electrons. The topological polar surface area (TPSA) is 146 Å². The maximum atomic E-state index is 12.5.